The highest BCUT2D eigenvalue weighted by Crippen LogP contribution is 2.30. The fourth-order valence-electron chi connectivity index (χ4n) is 3.14. The Labute approximate surface area is 161 Å². The van der Waals surface area contributed by atoms with Crippen molar-refractivity contribution in [3.8, 4) is 0 Å². The predicted octanol–water partition coefficient (Wildman–Crippen LogP) is -4.89. The number of rotatable bonds is 5. The van der Waals surface area contributed by atoms with Crippen LogP contribution in [0.25, 0.3) is 0 Å². The molecule has 0 bridgehead atoms. The number of aromatic amines is 1. The van der Waals surface area contributed by atoms with Crippen molar-refractivity contribution in [2.45, 2.75) is 55.2 Å². The number of aliphatic hydroxyl groups excluding tert-OH is 6. The van der Waals surface area contributed by atoms with Crippen molar-refractivity contribution in [1.82, 2.24) is 9.55 Å². The summed E-state index contributed by atoms with van der Waals surface area (Å²) in [5.74, 6) is -1.31. The summed E-state index contributed by atoms with van der Waals surface area (Å²) in [5.41, 5.74) is -2.34. The van der Waals surface area contributed by atoms with Crippen molar-refractivity contribution >= 4 is 0 Å². The van der Waals surface area contributed by atoms with E-state index in [9.17, 15) is 39.5 Å². The van der Waals surface area contributed by atoms with Crippen LogP contribution in [-0.4, -0.2) is 102 Å². The van der Waals surface area contributed by atoms with Crippen LogP contribution in [0.5, 0.6) is 0 Å². The average molecular weight is 424 g/mol. The number of aliphatic hydroxyl groups is 6. The number of ether oxygens (including phenoxy) is 3. The van der Waals surface area contributed by atoms with Gasteiger partial charge in [0.15, 0.2) is 12.5 Å². The van der Waals surface area contributed by atoms with Crippen LogP contribution in [-0.2, 0) is 14.2 Å². The molecule has 0 radical (unpaired) electrons. The van der Waals surface area contributed by atoms with Gasteiger partial charge in [0.25, 0.3) is 5.56 Å². The maximum Gasteiger partial charge on any atom is 0.330 e. The first-order chi connectivity index (χ1) is 13.6. The van der Waals surface area contributed by atoms with Gasteiger partial charge in [-0.2, -0.15) is 4.39 Å². The molecule has 1 unspecified atom stereocenters. The summed E-state index contributed by atoms with van der Waals surface area (Å²) in [6.07, 6.45) is -13.3. The van der Waals surface area contributed by atoms with Crippen LogP contribution < -0.4 is 11.2 Å². The Bertz CT molecular complexity index is 829. The van der Waals surface area contributed by atoms with Crippen molar-refractivity contribution in [3.63, 3.8) is 0 Å². The van der Waals surface area contributed by atoms with Gasteiger partial charge < -0.3 is 44.8 Å². The van der Waals surface area contributed by atoms with Gasteiger partial charge in [-0.3, -0.25) is 14.3 Å². The molecular formula is C15H21FN2O11. The smallest absolute Gasteiger partial charge is 0.330 e. The topological polar surface area (TPSA) is 204 Å². The first-order valence-corrected chi connectivity index (χ1v) is 8.60. The normalized spacial score (nSPS) is 40.3. The van der Waals surface area contributed by atoms with Crippen LogP contribution in [0.1, 0.15) is 6.23 Å². The van der Waals surface area contributed by atoms with Crippen molar-refractivity contribution in [1.29, 1.82) is 0 Å². The minimum absolute atomic E-state index is 0.516. The molecule has 0 amide bonds. The molecule has 0 aromatic carbocycles. The molecule has 0 aliphatic carbocycles. The molecule has 2 aliphatic heterocycles. The predicted molar refractivity (Wildman–Crippen MR) is 86.9 cm³/mol. The Morgan fingerprint density at radius 2 is 1.66 bits per heavy atom. The molecule has 164 valence electrons. The highest BCUT2D eigenvalue weighted by atomic mass is 19.1. The Morgan fingerprint density at radius 1 is 1.00 bits per heavy atom. The summed E-state index contributed by atoms with van der Waals surface area (Å²) >= 11 is 0. The third-order valence-electron chi connectivity index (χ3n) is 4.81. The third kappa shape index (κ3) is 4.11. The van der Waals surface area contributed by atoms with Crippen molar-refractivity contribution in [3.05, 3.63) is 32.9 Å². The van der Waals surface area contributed by atoms with Crippen LogP contribution in [0.4, 0.5) is 4.39 Å². The molecule has 13 nitrogen and oxygen atoms in total. The van der Waals surface area contributed by atoms with Crippen LogP contribution in [0.15, 0.2) is 15.8 Å². The van der Waals surface area contributed by atoms with Gasteiger partial charge in [0.05, 0.1) is 19.4 Å². The summed E-state index contributed by atoms with van der Waals surface area (Å²) in [6, 6.07) is 0. The molecule has 7 N–H and O–H groups in total. The summed E-state index contributed by atoms with van der Waals surface area (Å²) in [5, 5.41) is 58.8. The monoisotopic (exact) mass is 424 g/mol. The SMILES string of the molecule is O=c1[nH]c(=O)n([C@@H]2OC(CO[C@@H]3O[C@H](CO)[C@H](O)[C@H](O)[C@H]3O)[C@@H](O)[C@H]2O)cc1F. The minimum atomic E-state index is -1.69. The quantitative estimate of drug-likeness (QED) is 0.239. The van der Waals surface area contributed by atoms with E-state index < -0.39 is 85.5 Å². The second-order valence-corrected chi connectivity index (χ2v) is 6.72. The zero-order valence-corrected chi connectivity index (χ0v) is 14.7. The van der Waals surface area contributed by atoms with Gasteiger partial charge in [-0.15, -0.1) is 0 Å². The Hall–Kier alpha value is -1.75. The van der Waals surface area contributed by atoms with E-state index >= 15 is 0 Å². The molecule has 3 rings (SSSR count). The lowest BCUT2D eigenvalue weighted by atomic mass is 9.99. The molecule has 2 aliphatic rings. The largest absolute Gasteiger partial charge is 0.394 e. The van der Waals surface area contributed by atoms with E-state index in [0.29, 0.717) is 10.8 Å². The van der Waals surface area contributed by atoms with Gasteiger partial charge in [0.1, 0.15) is 42.7 Å². The number of nitrogens with zero attached hydrogens (tertiary/aromatic N) is 1. The molecule has 1 aromatic heterocycles. The molecule has 9 atom stereocenters. The first kappa shape index (κ1) is 21.9. The number of H-pyrrole nitrogens is 1. The number of nitrogens with one attached hydrogen (secondary N) is 1. The molecular weight excluding hydrogens is 403 g/mol. The number of halogens is 1. The van der Waals surface area contributed by atoms with E-state index in [4.69, 9.17) is 19.3 Å². The van der Waals surface area contributed by atoms with E-state index in [1.54, 1.807) is 4.98 Å². The van der Waals surface area contributed by atoms with Gasteiger partial charge in [-0.05, 0) is 0 Å². The molecule has 2 fully saturated rings. The van der Waals surface area contributed by atoms with Crippen LogP contribution in [0, 0.1) is 5.82 Å². The number of aromatic nitrogens is 2. The molecule has 3 heterocycles. The van der Waals surface area contributed by atoms with E-state index in [-0.39, 0.29) is 0 Å². The van der Waals surface area contributed by atoms with E-state index in [2.05, 4.69) is 0 Å². The van der Waals surface area contributed by atoms with Gasteiger partial charge in [0, 0.05) is 0 Å². The Balaban J connectivity index is 1.69. The van der Waals surface area contributed by atoms with Gasteiger partial charge in [0.2, 0.25) is 5.82 Å². The molecule has 0 saturated carbocycles. The van der Waals surface area contributed by atoms with Crippen LogP contribution >= 0.6 is 0 Å². The second-order valence-electron chi connectivity index (χ2n) is 6.72. The highest BCUT2D eigenvalue weighted by Gasteiger charge is 2.47. The Morgan fingerprint density at radius 3 is 2.31 bits per heavy atom. The second kappa shape index (κ2) is 8.55. The molecule has 2 saturated heterocycles. The molecule has 14 heteroatoms. The van der Waals surface area contributed by atoms with Gasteiger partial charge in [-0.1, -0.05) is 0 Å². The maximum atomic E-state index is 13.5. The lowest BCUT2D eigenvalue weighted by molar-refractivity contribution is -0.306. The summed E-state index contributed by atoms with van der Waals surface area (Å²) in [7, 11) is 0. The molecule has 29 heavy (non-hydrogen) atoms. The summed E-state index contributed by atoms with van der Waals surface area (Å²) in [4.78, 5) is 24.6. The zero-order valence-electron chi connectivity index (χ0n) is 14.7. The third-order valence-corrected chi connectivity index (χ3v) is 4.81. The van der Waals surface area contributed by atoms with Crippen molar-refractivity contribution in [2.24, 2.45) is 0 Å². The standard InChI is InChI=1S/C15H21FN2O11/c16-4-1-18(15(26)17-12(4)25)13-10(23)8(21)6(28-13)3-27-14-11(24)9(22)7(20)5(2-19)29-14/h1,5-11,13-14,19-24H,2-3H2,(H,17,25,26)/t5-,6?,7+,8-,9+,10-,11-,13-,14-/m1/s1. The fraction of sp³-hybridized carbons (Fsp3) is 0.733. The van der Waals surface area contributed by atoms with Crippen molar-refractivity contribution < 1.29 is 49.2 Å². The summed E-state index contributed by atoms with van der Waals surface area (Å²) < 4.78 is 29.7. The van der Waals surface area contributed by atoms with Crippen molar-refractivity contribution in [2.75, 3.05) is 13.2 Å². The highest BCUT2D eigenvalue weighted by molar-refractivity contribution is 4.95. The fourth-order valence-corrected chi connectivity index (χ4v) is 3.14. The zero-order chi connectivity index (χ0) is 21.5. The number of hydrogen-bond donors (Lipinski definition) is 7. The van der Waals surface area contributed by atoms with Crippen LogP contribution in [0.2, 0.25) is 0 Å². The van der Waals surface area contributed by atoms with E-state index in [1.807, 2.05) is 0 Å². The molecule has 0 spiro atoms. The van der Waals surface area contributed by atoms with Gasteiger partial charge >= 0.3 is 5.69 Å². The maximum absolute atomic E-state index is 13.5. The average Bonchev–Trinajstić information content (AvgIpc) is 2.97. The first-order valence-electron chi connectivity index (χ1n) is 8.60. The van der Waals surface area contributed by atoms with Gasteiger partial charge in [-0.25, -0.2) is 4.79 Å². The lowest BCUT2D eigenvalue weighted by Crippen LogP contribution is -2.59. The van der Waals surface area contributed by atoms with E-state index in [0.717, 1.165) is 0 Å². The lowest BCUT2D eigenvalue weighted by Gasteiger charge is -2.39. The minimum Gasteiger partial charge on any atom is -0.394 e. The Kier molecular flexibility index (Phi) is 6.47. The number of hydrogen-bond acceptors (Lipinski definition) is 11. The van der Waals surface area contributed by atoms with Crippen LogP contribution in [0.3, 0.4) is 0 Å². The summed E-state index contributed by atoms with van der Waals surface area (Å²) in [6.45, 7) is -1.19. The van der Waals surface area contributed by atoms with E-state index in [1.165, 1.54) is 0 Å². The molecule has 1 aromatic rings.